The first kappa shape index (κ1) is 9.02. The van der Waals surface area contributed by atoms with E-state index in [0.29, 0.717) is 0 Å². The summed E-state index contributed by atoms with van der Waals surface area (Å²) in [5.74, 6) is 2.96. The van der Waals surface area contributed by atoms with E-state index in [1.165, 1.54) is 0 Å². The first-order valence-electron chi connectivity index (χ1n) is 4.78. The van der Waals surface area contributed by atoms with Crippen LogP contribution in [-0.2, 0) is 6.42 Å². The van der Waals surface area contributed by atoms with E-state index >= 15 is 0 Å². The lowest BCUT2D eigenvalue weighted by atomic mass is 10.0. The van der Waals surface area contributed by atoms with Gasteiger partial charge in [0.05, 0.1) is 0 Å². The highest BCUT2D eigenvalue weighted by Crippen LogP contribution is 2.28. The molecule has 0 aromatic heterocycles. The van der Waals surface area contributed by atoms with Crippen LogP contribution in [-0.4, -0.2) is 5.78 Å². The molecule has 1 aliphatic carbocycles. The monoisotopic (exact) mass is 184 g/mol. The van der Waals surface area contributed by atoms with Crippen LogP contribution in [0.5, 0.6) is 0 Å². The van der Waals surface area contributed by atoms with Gasteiger partial charge in [-0.15, -0.1) is 6.42 Å². The summed E-state index contributed by atoms with van der Waals surface area (Å²) in [5.41, 5.74) is 3.91. The molecule has 1 heteroatoms. The highest BCUT2D eigenvalue weighted by molar-refractivity contribution is 6.02. The molecule has 14 heavy (non-hydrogen) atoms. The minimum absolute atomic E-state index is 0.123. The van der Waals surface area contributed by atoms with E-state index in [9.17, 15) is 4.79 Å². The van der Waals surface area contributed by atoms with E-state index < -0.39 is 0 Å². The zero-order chi connectivity index (χ0) is 10.3. The van der Waals surface area contributed by atoms with Crippen LogP contribution < -0.4 is 0 Å². The van der Waals surface area contributed by atoms with Crippen LogP contribution in [0.2, 0.25) is 0 Å². The Balaban J connectivity index is 2.62. The molecular weight excluding hydrogens is 172 g/mol. The first-order valence-corrected chi connectivity index (χ1v) is 4.78. The van der Waals surface area contributed by atoms with Crippen molar-refractivity contribution in [1.29, 1.82) is 0 Å². The maximum atomic E-state index is 11.7. The smallest absolute Gasteiger partial charge is 0.166 e. The second-order valence-electron chi connectivity index (χ2n) is 3.94. The van der Waals surface area contributed by atoms with Gasteiger partial charge in [0.15, 0.2) is 5.78 Å². The minimum Gasteiger partial charge on any atom is -0.294 e. The molecule has 70 valence electrons. The third-order valence-electron chi connectivity index (χ3n) is 2.84. The first-order chi connectivity index (χ1) is 6.63. The van der Waals surface area contributed by atoms with Gasteiger partial charge in [0.25, 0.3) is 0 Å². The van der Waals surface area contributed by atoms with Gasteiger partial charge in [0.1, 0.15) is 0 Å². The van der Waals surface area contributed by atoms with Crippen molar-refractivity contribution < 1.29 is 4.79 Å². The minimum atomic E-state index is 0.123. The molecule has 0 fully saturated rings. The second-order valence-corrected chi connectivity index (χ2v) is 3.94. The molecule has 1 nitrogen and oxygen atoms in total. The fourth-order valence-corrected chi connectivity index (χ4v) is 2.01. The zero-order valence-electron chi connectivity index (χ0n) is 8.42. The Morgan fingerprint density at radius 1 is 1.50 bits per heavy atom. The molecule has 1 aliphatic rings. The molecule has 1 aromatic rings. The van der Waals surface area contributed by atoms with Gasteiger partial charge in [-0.1, -0.05) is 18.9 Å². The molecule has 0 amide bonds. The lowest BCUT2D eigenvalue weighted by molar-refractivity contribution is 0.0946. The van der Waals surface area contributed by atoms with Crippen LogP contribution >= 0.6 is 0 Å². The topological polar surface area (TPSA) is 17.1 Å². The van der Waals surface area contributed by atoms with Crippen molar-refractivity contribution in [3.05, 3.63) is 34.4 Å². The van der Waals surface area contributed by atoms with Crippen LogP contribution in [0.15, 0.2) is 12.1 Å². The predicted octanol–water partition coefficient (Wildman–Crippen LogP) is 2.35. The second kappa shape index (κ2) is 2.99. The predicted molar refractivity (Wildman–Crippen MR) is 56.3 cm³/mol. The SMILES string of the molecule is C#Cc1cc2c(cc1C)CC(C)C2=O. The van der Waals surface area contributed by atoms with Crippen molar-refractivity contribution in [2.75, 3.05) is 0 Å². The van der Waals surface area contributed by atoms with Crippen molar-refractivity contribution in [1.82, 2.24) is 0 Å². The molecule has 1 unspecified atom stereocenters. The number of fused-ring (bicyclic) bond motifs is 1. The van der Waals surface area contributed by atoms with E-state index in [2.05, 4.69) is 5.92 Å². The summed E-state index contributed by atoms with van der Waals surface area (Å²) in [6, 6.07) is 3.91. The van der Waals surface area contributed by atoms with Crippen LogP contribution in [0.4, 0.5) is 0 Å². The highest BCUT2D eigenvalue weighted by Gasteiger charge is 2.27. The number of hydrogen-bond donors (Lipinski definition) is 0. The quantitative estimate of drug-likeness (QED) is 0.566. The van der Waals surface area contributed by atoms with Crippen molar-refractivity contribution in [3.63, 3.8) is 0 Å². The number of carbonyl (C=O) groups is 1. The third kappa shape index (κ3) is 1.15. The number of Topliss-reactive ketones (excluding diaryl/α,β-unsaturated/α-hetero) is 1. The van der Waals surface area contributed by atoms with Gasteiger partial charge in [-0.2, -0.15) is 0 Å². The molecule has 0 heterocycles. The van der Waals surface area contributed by atoms with E-state index in [4.69, 9.17) is 6.42 Å². The third-order valence-corrected chi connectivity index (χ3v) is 2.84. The van der Waals surface area contributed by atoms with Crippen molar-refractivity contribution >= 4 is 5.78 Å². The van der Waals surface area contributed by atoms with Gasteiger partial charge < -0.3 is 0 Å². The van der Waals surface area contributed by atoms with Gasteiger partial charge in [-0.3, -0.25) is 4.79 Å². The summed E-state index contributed by atoms with van der Waals surface area (Å²) in [6.07, 6.45) is 6.22. The number of aryl methyl sites for hydroxylation is 1. The van der Waals surface area contributed by atoms with Gasteiger partial charge in [-0.05, 0) is 30.5 Å². The van der Waals surface area contributed by atoms with Crippen molar-refractivity contribution in [3.8, 4) is 12.3 Å². The van der Waals surface area contributed by atoms with Crippen LogP contribution in [0.3, 0.4) is 0 Å². The molecule has 1 aromatic carbocycles. The summed E-state index contributed by atoms with van der Waals surface area (Å²) in [4.78, 5) is 11.7. The summed E-state index contributed by atoms with van der Waals surface area (Å²) in [5, 5.41) is 0. The Bertz CT molecular complexity index is 449. The Labute approximate surface area is 84.1 Å². The Morgan fingerprint density at radius 2 is 2.21 bits per heavy atom. The average Bonchev–Trinajstić information content (AvgIpc) is 2.41. The van der Waals surface area contributed by atoms with Crippen LogP contribution in [0, 0.1) is 25.2 Å². The molecule has 0 saturated heterocycles. The van der Waals surface area contributed by atoms with Gasteiger partial charge in [0, 0.05) is 17.0 Å². The number of benzene rings is 1. The van der Waals surface area contributed by atoms with Gasteiger partial charge >= 0.3 is 0 Å². The standard InChI is InChI=1S/C13H12O/c1-4-10-7-12-11(5-8(10)2)6-9(3)13(12)14/h1,5,7,9H,6H2,2-3H3. The fourth-order valence-electron chi connectivity index (χ4n) is 2.01. The largest absolute Gasteiger partial charge is 0.294 e. The van der Waals surface area contributed by atoms with Crippen molar-refractivity contribution in [2.45, 2.75) is 20.3 Å². The van der Waals surface area contributed by atoms with Crippen LogP contribution in [0.1, 0.15) is 34.0 Å². The highest BCUT2D eigenvalue weighted by atomic mass is 16.1. The Morgan fingerprint density at radius 3 is 2.86 bits per heavy atom. The summed E-state index contributed by atoms with van der Waals surface area (Å²) < 4.78 is 0. The normalized spacial score (nSPS) is 19.2. The molecule has 0 aliphatic heterocycles. The van der Waals surface area contributed by atoms with E-state index in [1.807, 2.05) is 26.0 Å². The Hall–Kier alpha value is -1.55. The number of rotatable bonds is 0. The molecular formula is C13H12O. The molecule has 0 bridgehead atoms. The summed E-state index contributed by atoms with van der Waals surface area (Å²) in [6.45, 7) is 3.95. The average molecular weight is 184 g/mol. The fraction of sp³-hybridized carbons (Fsp3) is 0.308. The number of ketones is 1. The molecule has 1 atom stereocenters. The number of hydrogen-bond acceptors (Lipinski definition) is 1. The maximum Gasteiger partial charge on any atom is 0.166 e. The molecule has 2 rings (SSSR count). The van der Waals surface area contributed by atoms with Crippen LogP contribution in [0.25, 0.3) is 0 Å². The lowest BCUT2D eigenvalue weighted by Gasteiger charge is -2.02. The van der Waals surface area contributed by atoms with Gasteiger partial charge in [0.2, 0.25) is 0 Å². The van der Waals surface area contributed by atoms with E-state index in [0.717, 1.165) is 28.7 Å². The molecule has 0 N–H and O–H groups in total. The van der Waals surface area contributed by atoms with Gasteiger partial charge in [-0.25, -0.2) is 0 Å². The molecule has 0 saturated carbocycles. The summed E-state index contributed by atoms with van der Waals surface area (Å²) >= 11 is 0. The van der Waals surface area contributed by atoms with Crippen molar-refractivity contribution in [2.24, 2.45) is 5.92 Å². The lowest BCUT2D eigenvalue weighted by Crippen LogP contribution is -2.03. The summed E-state index contributed by atoms with van der Waals surface area (Å²) in [7, 11) is 0. The van der Waals surface area contributed by atoms with E-state index in [-0.39, 0.29) is 11.7 Å². The Kier molecular flexibility index (Phi) is 1.93. The number of carbonyl (C=O) groups excluding carboxylic acids is 1. The van der Waals surface area contributed by atoms with E-state index in [1.54, 1.807) is 0 Å². The molecule has 0 radical (unpaired) electrons. The maximum absolute atomic E-state index is 11.7. The molecule has 0 spiro atoms. The zero-order valence-corrected chi connectivity index (χ0v) is 8.42. The number of terminal acetylenes is 1.